The van der Waals surface area contributed by atoms with Gasteiger partial charge in [-0.05, 0) is 37.1 Å². The zero-order valence-corrected chi connectivity index (χ0v) is 17.6. The summed E-state index contributed by atoms with van der Waals surface area (Å²) in [6, 6.07) is 11.5. The summed E-state index contributed by atoms with van der Waals surface area (Å²) in [5.41, 5.74) is 3.49. The van der Waals surface area contributed by atoms with E-state index in [2.05, 4.69) is 0 Å². The van der Waals surface area contributed by atoms with E-state index >= 15 is 0 Å². The van der Waals surface area contributed by atoms with Crippen LogP contribution in [0.3, 0.4) is 0 Å². The van der Waals surface area contributed by atoms with Crippen LogP contribution in [0.4, 0.5) is 0 Å². The molecule has 1 fully saturated rings. The average Bonchev–Trinajstić information content (AvgIpc) is 3.24. The van der Waals surface area contributed by atoms with Crippen LogP contribution in [0.1, 0.15) is 28.5 Å². The Balaban J connectivity index is 1.65. The number of aryl methyl sites for hydroxylation is 1. The van der Waals surface area contributed by atoms with E-state index in [9.17, 15) is 13.2 Å². The van der Waals surface area contributed by atoms with Gasteiger partial charge in [-0.2, -0.15) is 4.31 Å². The Morgan fingerprint density at radius 2 is 1.97 bits per heavy atom. The maximum atomic E-state index is 13.4. The lowest BCUT2D eigenvalue weighted by Gasteiger charge is -2.38. The number of hydrogen-bond donors (Lipinski definition) is 0. The van der Waals surface area contributed by atoms with Crippen molar-refractivity contribution in [2.75, 3.05) is 25.9 Å². The van der Waals surface area contributed by atoms with Gasteiger partial charge in [-0.3, -0.25) is 4.79 Å². The minimum absolute atomic E-state index is 0.106. The number of rotatable bonds is 4. The Kier molecular flexibility index (Phi) is 5.00. The first-order valence-corrected chi connectivity index (χ1v) is 11.5. The molecule has 29 heavy (non-hydrogen) atoms. The number of hydrogen-bond acceptors (Lipinski definition) is 4. The predicted octanol–water partition coefficient (Wildman–Crippen LogP) is 2.70. The molecule has 8 heteroatoms. The number of fused-ring (bicyclic) bond motifs is 1. The van der Waals surface area contributed by atoms with Gasteiger partial charge in [0, 0.05) is 31.1 Å². The Bertz CT molecular complexity index is 1160. The van der Waals surface area contributed by atoms with E-state index in [4.69, 9.17) is 4.42 Å². The van der Waals surface area contributed by atoms with Crippen molar-refractivity contribution < 1.29 is 17.6 Å². The summed E-state index contributed by atoms with van der Waals surface area (Å²) in [6.45, 7) is 5.45. The van der Waals surface area contributed by atoms with Crippen molar-refractivity contribution in [2.45, 2.75) is 26.4 Å². The first kappa shape index (κ1) is 19.7. The summed E-state index contributed by atoms with van der Waals surface area (Å²) >= 11 is 0. The van der Waals surface area contributed by atoms with E-state index in [1.807, 2.05) is 54.8 Å². The summed E-state index contributed by atoms with van der Waals surface area (Å²) in [5, 5.41) is 0.879. The van der Waals surface area contributed by atoms with Crippen LogP contribution in [0.25, 0.3) is 11.1 Å². The van der Waals surface area contributed by atoms with Crippen LogP contribution in [0.15, 0.2) is 47.1 Å². The standard InChI is InChI=1S/C21H25N3O4S/c1-15-6-4-5-7-18(15)14-23-19(12-17-8-11-28-21(17)23)20(25)22-9-10-24(16(2)13-22)29(3,26)27/h4-8,11-12,16H,9-10,13-14H2,1-3H3/t16-/m1/s1. The molecule has 0 radical (unpaired) electrons. The van der Waals surface area contributed by atoms with Gasteiger partial charge in [0.05, 0.1) is 19.1 Å². The first-order chi connectivity index (χ1) is 13.8. The van der Waals surface area contributed by atoms with Gasteiger partial charge in [-0.1, -0.05) is 24.3 Å². The van der Waals surface area contributed by atoms with Gasteiger partial charge < -0.3 is 13.9 Å². The summed E-state index contributed by atoms with van der Waals surface area (Å²) in [5.74, 6) is -0.106. The van der Waals surface area contributed by atoms with E-state index in [1.54, 1.807) is 11.2 Å². The SMILES string of the molecule is Cc1ccccc1Cn1c(C(=O)N2CCN(S(C)(=O)=O)[C@H](C)C2)cc2ccoc21. The van der Waals surface area contributed by atoms with E-state index in [1.165, 1.54) is 10.6 Å². The van der Waals surface area contributed by atoms with Crippen molar-refractivity contribution in [3.63, 3.8) is 0 Å². The number of piperazine rings is 1. The van der Waals surface area contributed by atoms with Gasteiger partial charge in [0.15, 0.2) is 0 Å². The predicted molar refractivity (Wildman–Crippen MR) is 111 cm³/mol. The first-order valence-electron chi connectivity index (χ1n) is 9.63. The maximum Gasteiger partial charge on any atom is 0.270 e. The zero-order valence-electron chi connectivity index (χ0n) is 16.8. The lowest BCUT2D eigenvalue weighted by Crippen LogP contribution is -2.55. The minimum atomic E-state index is -3.28. The number of sulfonamides is 1. The molecule has 1 atom stereocenters. The van der Waals surface area contributed by atoms with Crippen molar-refractivity contribution in [3.05, 3.63) is 59.5 Å². The van der Waals surface area contributed by atoms with E-state index in [-0.39, 0.29) is 11.9 Å². The third-order valence-corrected chi connectivity index (χ3v) is 6.99. The summed E-state index contributed by atoms with van der Waals surface area (Å²) in [6.07, 6.45) is 2.84. The molecule has 1 aliphatic heterocycles. The van der Waals surface area contributed by atoms with Gasteiger partial charge in [-0.15, -0.1) is 0 Å². The molecule has 0 N–H and O–H groups in total. The molecular weight excluding hydrogens is 390 g/mol. The van der Waals surface area contributed by atoms with Crippen LogP contribution in [-0.2, 0) is 16.6 Å². The summed E-state index contributed by atoms with van der Waals surface area (Å²) < 4.78 is 32.9. The second-order valence-corrected chi connectivity index (χ2v) is 9.63. The maximum absolute atomic E-state index is 13.4. The third-order valence-electron chi connectivity index (χ3n) is 5.59. The number of furan rings is 1. The molecule has 4 rings (SSSR count). The molecule has 7 nitrogen and oxygen atoms in total. The molecule has 1 aliphatic rings. The second kappa shape index (κ2) is 7.35. The number of aromatic nitrogens is 1. The molecule has 0 aliphatic carbocycles. The monoisotopic (exact) mass is 415 g/mol. The number of carbonyl (C=O) groups is 1. The van der Waals surface area contributed by atoms with Gasteiger partial charge >= 0.3 is 0 Å². The lowest BCUT2D eigenvalue weighted by atomic mass is 10.1. The highest BCUT2D eigenvalue weighted by molar-refractivity contribution is 7.88. The highest BCUT2D eigenvalue weighted by Gasteiger charge is 2.33. The number of benzene rings is 1. The molecule has 154 valence electrons. The molecule has 3 heterocycles. The quantitative estimate of drug-likeness (QED) is 0.657. The zero-order chi connectivity index (χ0) is 20.8. The fourth-order valence-electron chi connectivity index (χ4n) is 4.05. The molecule has 0 saturated carbocycles. The average molecular weight is 416 g/mol. The number of carbonyl (C=O) groups excluding carboxylic acids is 1. The van der Waals surface area contributed by atoms with Gasteiger partial charge in [0.25, 0.3) is 5.91 Å². The second-order valence-electron chi connectivity index (χ2n) is 7.70. The summed E-state index contributed by atoms with van der Waals surface area (Å²) in [4.78, 5) is 15.1. The van der Waals surface area contributed by atoms with E-state index in [0.717, 1.165) is 16.5 Å². The third kappa shape index (κ3) is 3.70. The smallest absolute Gasteiger partial charge is 0.270 e. The number of nitrogens with zero attached hydrogens (tertiary/aromatic N) is 3. The van der Waals surface area contributed by atoms with E-state index in [0.29, 0.717) is 37.6 Å². The van der Waals surface area contributed by atoms with Crippen molar-refractivity contribution in [3.8, 4) is 0 Å². The van der Waals surface area contributed by atoms with Crippen molar-refractivity contribution in [1.82, 2.24) is 13.8 Å². The molecule has 3 aromatic rings. The normalized spacial score (nSPS) is 18.4. The van der Waals surface area contributed by atoms with E-state index < -0.39 is 10.0 Å². The van der Waals surface area contributed by atoms with Crippen LogP contribution in [0.2, 0.25) is 0 Å². The van der Waals surface area contributed by atoms with Gasteiger partial charge in [0.1, 0.15) is 5.69 Å². The molecule has 0 unspecified atom stereocenters. The van der Waals surface area contributed by atoms with Crippen LogP contribution < -0.4 is 0 Å². The number of amides is 1. The van der Waals surface area contributed by atoms with Crippen molar-refractivity contribution in [2.24, 2.45) is 0 Å². The highest BCUT2D eigenvalue weighted by Crippen LogP contribution is 2.25. The Morgan fingerprint density at radius 3 is 2.66 bits per heavy atom. The van der Waals surface area contributed by atoms with Gasteiger partial charge in [0.2, 0.25) is 15.7 Å². The lowest BCUT2D eigenvalue weighted by molar-refractivity contribution is 0.0632. The van der Waals surface area contributed by atoms with Crippen molar-refractivity contribution in [1.29, 1.82) is 0 Å². The topological polar surface area (TPSA) is 75.8 Å². The molecule has 2 aromatic heterocycles. The molecule has 1 amide bonds. The van der Waals surface area contributed by atoms with Gasteiger partial charge in [-0.25, -0.2) is 8.42 Å². The fourth-order valence-corrected chi connectivity index (χ4v) is 5.18. The molecule has 0 spiro atoms. The van der Waals surface area contributed by atoms with Crippen LogP contribution in [0, 0.1) is 6.92 Å². The Morgan fingerprint density at radius 1 is 1.21 bits per heavy atom. The van der Waals surface area contributed by atoms with Crippen molar-refractivity contribution >= 4 is 27.0 Å². The largest absolute Gasteiger partial charge is 0.448 e. The molecular formula is C21H25N3O4S. The van der Waals surface area contributed by atoms with Crippen LogP contribution in [-0.4, -0.2) is 60.0 Å². The molecule has 1 saturated heterocycles. The minimum Gasteiger partial charge on any atom is -0.448 e. The van der Waals surface area contributed by atoms with Crippen LogP contribution in [0.5, 0.6) is 0 Å². The summed E-state index contributed by atoms with van der Waals surface area (Å²) in [7, 11) is -3.28. The highest BCUT2D eigenvalue weighted by atomic mass is 32.2. The Labute approximate surface area is 170 Å². The molecule has 1 aromatic carbocycles. The van der Waals surface area contributed by atoms with Crippen LogP contribution >= 0.6 is 0 Å². The Hall–Kier alpha value is -2.58. The fraction of sp³-hybridized carbons (Fsp3) is 0.381. The molecule has 0 bridgehead atoms.